The van der Waals surface area contributed by atoms with E-state index in [2.05, 4.69) is 45.4 Å². The summed E-state index contributed by atoms with van der Waals surface area (Å²) in [7, 11) is 0. The average Bonchev–Trinajstić information content (AvgIpc) is 3.19. The van der Waals surface area contributed by atoms with E-state index in [0.29, 0.717) is 18.0 Å². The lowest BCUT2D eigenvalue weighted by atomic mass is 9.91. The Morgan fingerprint density at radius 1 is 1.03 bits per heavy atom. The molecule has 2 aromatic carbocycles. The summed E-state index contributed by atoms with van der Waals surface area (Å²) in [5.41, 5.74) is 5.18. The lowest BCUT2D eigenvalue weighted by molar-refractivity contribution is 0.203. The predicted octanol–water partition coefficient (Wildman–Crippen LogP) is 5.35. The van der Waals surface area contributed by atoms with Crippen molar-refractivity contribution in [1.82, 2.24) is 24.9 Å². The fourth-order valence-corrected chi connectivity index (χ4v) is 4.97. The second kappa shape index (κ2) is 9.50. The van der Waals surface area contributed by atoms with Gasteiger partial charge in [0, 0.05) is 23.9 Å². The Morgan fingerprint density at radius 3 is 2.50 bits per heavy atom. The van der Waals surface area contributed by atoms with Crippen LogP contribution in [0.5, 0.6) is 5.75 Å². The van der Waals surface area contributed by atoms with Crippen LogP contribution in [0.25, 0.3) is 16.6 Å². The number of benzene rings is 2. The van der Waals surface area contributed by atoms with E-state index in [0.717, 1.165) is 60.5 Å². The summed E-state index contributed by atoms with van der Waals surface area (Å²) in [5, 5.41) is 14.9. The molecule has 0 bridgehead atoms. The minimum Gasteiger partial charge on any atom is -0.494 e. The zero-order valence-electron chi connectivity index (χ0n) is 20.0. The van der Waals surface area contributed by atoms with Crippen molar-refractivity contribution in [3.05, 3.63) is 77.0 Å². The number of fused-ring (bicyclic) bond motifs is 1. The molecule has 7 heteroatoms. The first-order chi connectivity index (χ1) is 16.5. The van der Waals surface area contributed by atoms with Crippen LogP contribution in [-0.4, -0.2) is 44.6 Å². The minimum absolute atomic E-state index is 0.288. The van der Waals surface area contributed by atoms with E-state index in [1.54, 1.807) is 16.8 Å². The first kappa shape index (κ1) is 22.5. The standard InChI is InChI=1S/C27H30FN5O/c1-4-34-22-10-11-24(23(28)16-22)33-19(3)25-18(2)29-30-26(27(25)31-33)21-12-14-32(15-13-21)17-20-8-6-5-7-9-20/h5-11,16,21H,4,12-15,17H2,1-3H3. The summed E-state index contributed by atoms with van der Waals surface area (Å²) >= 11 is 0. The van der Waals surface area contributed by atoms with Crippen LogP contribution in [0, 0.1) is 19.7 Å². The van der Waals surface area contributed by atoms with Gasteiger partial charge in [-0.3, -0.25) is 4.90 Å². The zero-order valence-corrected chi connectivity index (χ0v) is 20.0. The third kappa shape index (κ3) is 4.28. The van der Waals surface area contributed by atoms with Crippen LogP contribution in [0.15, 0.2) is 48.5 Å². The van der Waals surface area contributed by atoms with Crippen molar-refractivity contribution in [3.8, 4) is 11.4 Å². The van der Waals surface area contributed by atoms with Crippen molar-refractivity contribution in [3.63, 3.8) is 0 Å². The van der Waals surface area contributed by atoms with Crippen molar-refractivity contribution in [2.75, 3.05) is 19.7 Å². The summed E-state index contributed by atoms with van der Waals surface area (Å²) in [6.07, 6.45) is 2.01. The van der Waals surface area contributed by atoms with Crippen LogP contribution in [0.1, 0.15) is 48.3 Å². The molecule has 0 saturated carbocycles. The molecule has 0 radical (unpaired) electrons. The lowest BCUT2D eigenvalue weighted by Crippen LogP contribution is -2.32. The number of aromatic nitrogens is 4. The molecule has 0 amide bonds. The van der Waals surface area contributed by atoms with Crippen LogP contribution in [0.3, 0.4) is 0 Å². The zero-order chi connectivity index (χ0) is 23.7. The molecule has 3 heterocycles. The van der Waals surface area contributed by atoms with E-state index in [9.17, 15) is 4.39 Å². The van der Waals surface area contributed by atoms with Crippen molar-refractivity contribution < 1.29 is 9.13 Å². The largest absolute Gasteiger partial charge is 0.494 e. The van der Waals surface area contributed by atoms with E-state index in [1.807, 2.05) is 20.8 Å². The monoisotopic (exact) mass is 459 g/mol. The molecule has 176 valence electrons. The molecule has 1 aliphatic heterocycles. The van der Waals surface area contributed by atoms with Gasteiger partial charge in [0.15, 0.2) is 5.82 Å². The Balaban J connectivity index is 1.43. The van der Waals surface area contributed by atoms with Gasteiger partial charge in [0.05, 0.1) is 23.7 Å². The van der Waals surface area contributed by atoms with Gasteiger partial charge in [-0.2, -0.15) is 15.3 Å². The summed E-state index contributed by atoms with van der Waals surface area (Å²) in [4.78, 5) is 2.49. The molecule has 5 rings (SSSR count). The van der Waals surface area contributed by atoms with Crippen molar-refractivity contribution in [1.29, 1.82) is 0 Å². The minimum atomic E-state index is -0.365. The van der Waals surface area contributed by atoms with Gasteiger partial charge in [0.2, 0.25) is 0 Å². The summed E-state index contributed by atoms with van der Waals surface area (Å²) < 4.78 is 22.1. The molecule has 0 unspecified atom stereocenters. The van der Waals surface area contributed by atoms with Gasteiger partial charge in [-0.15, -0.1) is 0 Å². The van der Waals surface area contributed by atoms with E-state index >= 15 is 0 Å². The molecule has 34 heavy (non-hydrogen) atoms. The molecule has 0 N–H and O–H groups in total. The average molecular weight is 460 g/mol. The van der Waals surface area contributed by atoms with Gasteiger partial charge in [-0.05, 0) is 64.4 Å². The Labute approximate surface area is 199 Å². The quantitative estimate of drug-likeness (QED) is 0.389. The maximum absolute atomic E-state index is 15.0. The Kier molecular flexibility index (Phi) is 6.28. The van der Waals surface area contributed by atoms with Crippen LogP contribution in [0.4, 0.5) is 4.39 Å². The molecular formula is C27H30FN5O. The van der Waals surface area contributed by atoms with Crippen molar-refractivity contribution >= 4 is 10.9 Å². The van der Waals surface area contributed by atoms with Crippen LogP contribution in [0.2, 0.25) is 0 Å². The SMILES string of the molecule is CCOc1ccc(-n2nc3c(C4CCN(Cc5ccccc5)CC4)nnc(C)c3c2C)c(F)c1. The number of likely N-dealkylation sites (tertiary alicyclic amines) is 1. The van der Waals surface area contributed by atoms with E-state index in [1.165, 1.54) is 11.6 Å². The normalized spacial score (nSPS) is 15.2. The second-order valence-electron chi connectivity index (χ2n) is 8.97. The first-order valence-corrected chi connectivity index (χ1v) is 12.0. The van der Waals surface area contributed by atoms with Gasteiger partial charge in [0.25, 0.3) is 0 Å². The molecule has 1 aliphatic rings. The lowest BCUT2D eigenvalue weighted by Gasteiger charge is -2.31. The topological polar surface area (TPSA) is 56.1 Å². The highest BCUT2D eigenvalue weighted by atomic mass is 19.1. The van der Waals surface area contributed by atoms with Crippen molar-refractivity contribution in [2.24, 2.45) is 0 Å². The van der Waals surface area contributed by atoms with Gasteiger partial charge in [-0.1, -0.05) is 30.3 Å². The number of hydrogen-bond acceptors (Lipinski definition) is 5. The molecule has 0 spiro atoms. The number of nitrogens with zero attached hydrogens (tertiary/aromatic N) is 5. The number of hydrogen-bond donors (Lipinski definition) is 0. The van der Waals surface area contributed by atoms with E-state index in [-0.39, 0.29) is 11.7 Å². The third-order valence-electron chi connectivity index (χ3n) is 6.71. The molecule has 1 saturated heterocycles. The molecule has 2 aromatic heterocycles. The summed E-state index contributed by atoms with van der Waals surface area (Å²) in [6, 6.07) is 15.5. The van der Waals surface area contributed by atoms with E-state index in [4.69, 9.17) is 9.84 Å². The molecule has 6 nitrogen and oxygen atoms in total. The number of rotatable bonds is 6. The Hall–Kier alpha value is -3.32. The van der Waals surface area contributed by atoms with Crippen LogP contribution < -0.4 is 4.74 Å². The van der Waals surface area contributed by atoms with Crippen LogP contribution in [-0.2, 0) is 6.54 Å². The number of aryl methyl sites for hydroxylation is 2. The number of ether oxygens (including phenoxy) is 1. The highest BCUT2D eigenvalue weighted by Crippen LogP contribution is 2.34. The summed E-state index contributed by atoms with van der Waals surface area (Å²) in [5.74, 6) is 0.437. The fraction of sp³-hybridized carbons (Fsp3) is 0.370. The van der Waals surface area contributed by atoms with E-state index < -0.39 is 0 Å². The highest BCUT2D eigenvalue weighted by molar-refractivity contribution is 5.86. The first-order valence-electron chi connectivity index (χ1n) is 12.0. The van der Waals surface area contributed by atoms with Gasteiger partial charge < -0.3 is 4.74 Å². The molecule has 0 atom stereocenters. The smallest absolute Gasteiger partial charge is 0.152 e. The summed E-state index contributed by atoms with van der Waals surface area (Å²) in [6.45, 7) is 9.25. The molecule has 1 fully saturated rings. The molecule has 4 aromatic rings. The van der Waals surface area contributed by atoms with Crippen molar-refractivity contribution in [2.45, 2.75) is 46.1 Å². The highest BCUT2D eigenvalue weighted by Gasteiger charge is 2.27. The Morgan fingerprint density at radius 2 is 1.79 bits per heavy atom. The third-order valence-corrected chi connectivity index (χ3v) is 6.71. The number of piperidine rings is 1. The van der Waals surface area contributed by atoms with Crippen LogP contribution >= 0.6 is 0 Å². The van der Waals surface area contributed by atoms with Gasteiger partial charge >= 0.3 is 0 Å². The predicted molar refractivity (Wildman–Crippen MR) is 131 cm³/mol. The maximum atomic E-state index is 15.0. The second-order valence-corrected chi connectivity index (χ2v) is 8.97. The fourth-order valence-electron chi connectivity index (χ4n) is 4.97. The molecule has 0 aliphatic carbocycles. The Bertz CT molecular complexity index is 1300. The maximum Gasteiger partial charge on any atom is 0.152 e. The van der Waals surface area contributed by atoms with Gasteiger partial charge in [-0.25, -0.2) is 9.07 Å². The number of halogens is 1. The van der Waals surface area contributed by atoms with Gasteiger partial charge in [0.1, 0.15) is 17.0 Å². The molecular weight excluding hydrogens is 429 g/mol.